The Balaban J connectivity index is 1.64. The molecule has 5 nitrogen and oxygen atoms in total. The minimum absolute atomic E-state index is 0.0676. The summed E-state index contributed by atoms with van der Waals surface area (Å²) in [6, 6.07) is 19.8. The Hall–Kier alpha value is -2.55. The fourth-order valence-electron chi connectivity index (χ4n) is 2.60. The highest BCUT2D eigenvalue weighted by Gasteiger charge is 2.16. The maximum Gasteiger partial charge on any atom is 0.235 e. The van der Waals surface area contributed by atoms with Crippen LogP contribution >= 0.6 is 34.9 Å². The quantitative estimate of drug-likeness (QED) is 0.303. The zero-order chi connectivity index (χ0) is 21.9. The predicted octanol–water partition coefficient (Wildman–Crippen LogP) is 5.08. The lowest BCUT2D eigenvalue weighted by molar-refractivity contribution is -0.118. The van der Waals surface area contributed by atoms with E-state index in [0.29, 0.717) is 17.3 Å². The first-order valence-electron chi connectivity index (χ1n) is 9.64. The van der Waals surface area contributed by atoms with E-state index in [-0.39, 0.29) is 17.6 Å². The van der Waals surface area contributed by atoms with E-state index in [2.05, 4.69) is 34.3 Å². The standard InChI is InChI=1S/C23H23N3O2S3/c1-2-13-24-19(27)16-30-23-26-21(18-11-7-4-8-12-18)22(31-23)25-20(28)15-29-14-17-9-5-3-6-10-17/h2-12H,1,13-16H2,(H,24,27)(H,25,28). The van der Waals surface area contributed by atoms with Crippen molar-refractivity contribution in [3.05, 3.63) is 78.9 Å². The fraction of sp³-hybridized carbons (Fsp3) is 0.174. The summed E-state index contributed by atoms with van der Waals surface area (Å²) in [5, 5.41) is 6.46. The lowest BCUT2D eigenvalue weighted by Crippen LogP contribution is -2.24. The second kappa shape index (κ2) is 12.3. The van der Waals surface area contributed by atoms with Crippen molar-refractivity contribution in [2.45, 2.75) is 10.1 Å². The van der Waals surface area contributed by atoms with E-state index in [4.69, 9.17) is 0 Å². The Morgan fingerprint density at radius 3 is 2.42 bits per heavy atom. The number of aromatic nitrogens is 1. The van der Waals surface area contributed by atoms with E-state index in [1.165, 1.54) is 28.7 Å². The Bertz CT molecular complexity index is 1010. The SMILES string of the molecule is C=CCNC(=O)CSc1nc(-c2ccccc2)c(NC(=O)CSCc2ccccc2)s1. The maximum atomic E-state index is 12.5. The number of thioether (sulfide) groups is 2. The lowest BCUT2D eigenvalue weighted by atomic mass is 10.2. The molecular formula is C23H23N3O2S3. The van der Waals surface area contributed by atoms with E-state index in [0.717, 1.165) is 21.3 Å². The molecule has 0 radical (unpaired) electrons. The average Bonchev–Trinajstić information content (AvgIpc) is 3.20. The van der Waals surface area contributed by atoms with Gasteiger partial charge in [-0.1, -0.05) is 89.8 Å². The molecule has 0 fully saturated rings. The highest BCUT2D eigenvalue weighted by atomic mass is 32.2. The zero-order valence-corrected chi connectivity index (χ0v) is 19.3. The summed E-state index contributed by atoms with van der Waals surface area (Å²) in [7, 11) is 0. The largest absolute Gasteiger partial charge is 0.352 e. The van der Waals surface area contributed by atoms with Crippen molar-refractivity contribution >= 4 is 51.7 Å². The monoisotopic (exact) mass is 469 g/mol. The third kappa shape index (κ3) is 7.57. The number of hydrogen-bond acceptors (Lipinski definition) is 6. The summed E-state index contributed by atoms with van der Waals surface area (Å²) in [5.41, 5.74) is 2.84. The molecule has 0 unspecified atom stereocenters. The first-order chi connectivity index (χ1) is 15.2. The van der Waals surface area contributed by atoms with Crippen molar-refractivity contribution in [1.29, 1.82) is 0 Å². The Morgan fingerprint density at radius 2 is 1.71 bits per heavy atom. The van der Waals surface area contributed by atoms with Crippen LogP contribution < -0.4 is 10.6 Å². The summed E-state index contributed by atoms with van der Waals surface area (Å²) in [5.74, 6) is 1.25. The number of nitrogens with one attached hydrogen (secondary N) is 2. The van der Waals surface area contributed by atoms with Crippen LogP contribution in [0.15, 0.2) is 77.7 Å². The van der Waals surface area contributed by atoms with Crippen LogP contribution in [0.25, 0.3) is 11.3 Å². The normalized spacial score (nSPS) is 10.5. The molecule has 0 aliphatic heterocycles. The van der Waals surface area contributed by atoms with Crippen molar-refractivity contribution in [2.75, 3.05) is 23.4 Å². The van der Waals surface area contributed by atoms with Crippen molar-refractivity contribution in [3.8, 4) is 11.3 Å². The van der Waals surface area contributed by atoms with Gasteiger partial charge in [-0.15, -0.1) is 18.3 Å². The molecule has 3 rings (SSSR count). The third-order valence-corrected chi connectivity index (χ3v) is 7.14. The van der Waals surface area contributed by atoms with E-state index in [9.17, 15) is 9.59 Å². The van der Waals surface area contributed by atoms with E-state index in [1.807, 2.05) is 48.5 Å². The highest BCUT2D eigenvalue weighted by Crippen LogP contribution is 2.37. The molecular weight excluding hydrogens is 446 g/mol. The number of benzene rings is 2. The maximum absolute atomic E-state index is 12.5. The van der Waals surface area contributed by atoms with Gasteiger partial charge in [-0.3, -0.25) is 9.59 Å². The van der Waals surface area contributed by atoms with Crippen LogP contribution in [-0.4, -0.2) is 34.8 Å². The molecule has 3 aromatic rings. The molecule has 31 heavy (non-hydrogen) atoms. The van der Waals surface area contributed by atoms with Gasteiger partial charge in [0.25, 0.3) is 0 Å². The van der Waals surface area contributed by atoms with Crippen LogP contribution in [0, 0.1) is 0 Å². The van der Waals surface area contributed by atoms with Crippen LogP contribution in [-0.2, 0) is 15.3 Å². The first kappa shape index (κ1) is 23.1. The zero-order valence-electron chi connectivity index (χ0n) is 16.9. The Morgan fingerprint density at radius 1 is 1.00 bits per heavy atom. The molecule has 2 N–H and O–H groups in total. The predicted molar refractivity (Wildman–Crippen MR) is 133 cm³/mol. The van der Waals surface area contributed by atoms with Gasteiger partial charge < -0.3 is 10.6 Å². The fourth-order valence-corrected chi connectivity index (χ4v) is 5.30. The van der Waals surface area contributed by atoms with E-state index in [1.54, 1.807) is 17.8 Å². The number of hydrogen-bond donors (Lipinski definition) is 2. The molecule has 0 atom stereocenters. The average molecular weight is 470 g/mol. The second-order valence-corrected chi connectivity index (χ2v) is 9.64. The van der Waals surface area contributed by atoms with Crippen LogP contribution in [0.4, 0.5) is 5.00 Å². The molecule has 8 heteroatoms. The molecule has 2 amide bonds. The molecule has 0 aliphatic carbocycles. The minimum Gasteiger partial charge on any atom is -0.352 e. The third-order valence-electron chi connectivity index (χ3n) is 4.02. The van der Waals surface area contributed by atoms with Crippen LogP contribution in [0.3, 0.4) is 0 Å². The number of nitrogens with zero attached hydrogens (tertiary/aromatic N) is 1. The number of carbonyl (C=O) groups excluding carboxylic acids is 2. The van der Waals surface area contributed by atoms with Gasteiger partial charge in [0.05, 0.1) is 11.5 Å². The van der Waals surface area contributed by atoms with Gasteiger partial charge in [-0.05, 0) is 5.56 Å². The van der Waals surface area contributed by atoms with Crippen LogP contribution in [0.2, 0.25) is 0 Å². The van der Waals surface area contributed by atoms with Crippen molar-refractivity contribution in [1.82, 2.24) is 10.3 Å². The number of rotatable bonds is 11. The number of thiazole rings is 1. The topological polar surface area (TPSA) is 71.1 Å². The summed E-state index contributed by atoms with van der Waals surface area (Å²) < 4.78 is 0.736. The smallest absolute Gasteiger partial charge is 0.235 e. The summed E-state index contributed by atoms with van der Waals surface area (Å²) in [4.78, 5) is 29.1. The molecule has 0 bridgehead atoms. The summed E-state index contributed by atoms with van der Waals surface area (Å²) in [6.45, 7) is 4.03. The van der Waals surface area contributed by atoms with Gasteiger partial charge in [0.2, 0.25) is 11.8 Å². The molecule has 0 aliphatic rings. The van der Waals surface area contributed by atoms with Gasteiger partial charge >= 0.3 is 0 Å². The van der Waals surface area contributed by atoms with Gasteiger partial charge in [0.1, 0.15) is 10.7 Å². The summed E-state index contributed by atoms with van der Waals surface area (Å²) >= 11 is 4.31. The van der Waals surface area contributed by atoms with Crippen molar-refractivity contribution in [3.63, 3.8) is 0 Å². The first-order valence-corrected chi connectivity index (χ1v) is 12.6. The van der Waals surface area contributed by atoms with Crippen molar-refractivity contribution in [2.24, 2.45) is 0 Å². The molecule has 160 valence electrons. The highest BCUT2D eigenvalue weighted by molar-refractivity contribution is 8.01. The molecule has 0 saturated carbocycles. The van der Waals surface area contributed by atoms with Crippen molar-refractivity contribution < 1.29 is 9.59 Å². The molecule has 1 heterocycles. The molecule has 0 spiro atoms. The lowest BCUT2D eigenvalue weighted by Gasteiger charge is -2.05. The van der Waals surface area contributed by atoms with E-state index < -0.39 is 0 Å². The van der Waals surface area contributed by atoms with Crippen LogP contribution in [0.1, 0.15) is 5.56 Å². The number of anilines is 1. The molecule has 0 saturated heterocycles. The van der Waals surface area contributed by atoms with Gasteiger partial charge in [0, 0.05) is 17.9 Å². The summed E-state index contributed by atoms with van der Waals surface area (Å²) in [6.07, 6.45) is 1.64. The van der Waals surface area contributed by atoms with Gasteiger partial charge in [-0.25, -0.2) is 4.98 Å². The Kier molecular flexibility index (Phi) is 9.20. The van der Waals surface area contributed by atoms with Gasteiger partial charge in [-0.2, -0.15) is 0 Å². The minimum atomic E-state index is -0.0794. The van der Waals surface area contributed by atoms with Gasteiger partial charge in [0.15, 0.2) is 4.34 Å². The van der Waals surface area contributed by atoms with E-state index >= 15 is 0 Å². The second-order valence-electron chi connectivity index (χ2n) is 6.43. The molecule has 2 aromatic carbocycles. The van der Waals surface area contributed by atoms with Crippen LogP contribution in [0.5, 0.6) is 0 Å². The Labute approximate surface area is 194 Å². The number of amides is 2. The number of carbonyl (C=O) groups is 2. The molecule has 1 aromatic heterocycles.